The monoisotopic (exact) mass is 265 g/mol. The van der Waals surface area contributed by atoms with Crippen LogP contribution in [0, 0.1) is 0 Å². The topological polar surface area (TPSA) is 77.0 Å². The van der Waals surface area contributed by atoms with Gasteiger partial charge in [-0.05, 0) is 0 Å². The quantitative estimate of drug-likeness (QED) is 0.857. The lowest BCUT2D eigenvalue weighted by molar-refractivity contribution is 0.0778. The Morgan fingerprint density at radius 1 is 1.56 bits per heavy atom. The minimum Gasteiger partial charge on any atom is -0.335 e. The minimum absolute atomic E-state index is 0.112. The van der Waals surface area contributed by atoms with Gasteiger partial charge in [0.15, 0.2) is 0 Å². The molecule has 1 amide bonds. The molecule has 0 unspecified atom stereocenters. The molecule has 0 bridgehead atoms. The van der Waals surface area contributed by atoms with E-state index in [1.165, 1.54) is 11.3 Å². The van der Waals surface area contributed by atoms with E-state index in [1.807, 2.05) is 9.95 Å². The van der Waals surface area contributed by atoms with Gasteiger partial charge in [-0.3, -0.25) is 4.79 Å². The van der Waals surface area contributed by atoms with Crippen LogP contribution in [0.2, 0.25) is 0 Å². The molecule has 0 saturated carbocycles. The predicted molar refractivity (Wildman–Crippen MR) is 69.2 cm³/mol. The molecule has 0 aromatic carbocycles. The molecule has 6 nitrogen and oxygen atoms in total. The molecule has 0 aliphatic rings. The van der Waals surface area contributed by atoms with E-state index >= 15 is 0 Å². The van der Waals surface area contributed by atoms with Crippen LogP contribution in [-0.4, -0.2) is 38.9 Å². The van der Waals surface area contributed by atoms with Crippen molar-refractivity contribution < 1.29 is 4.79 Å². The van der Waals surface area contributed by atoms with Crippen molar-refractivity contribution in [2.75, 3.05) is 13.6 Å². The molecule has 7 heteroatoms. The van der Waals surface area contributed by atoms with E-state index in [-0.39, 0.29) is 5.91 Å². The number of aromatic nitrogens is 3. The van der Waals surface area contributed by atoms with Crippen LogP contribution in [0.15, 0.2) is 23.4 Å². The van der Waals surface area contributed by atoms with Gasteiger partial charge in [-0.15, -0.1) is 11.3 Å². The summed E-state index contributed by atoms with van der Waals surface area (Å²) in [7, 11) is 1.74. The Morgan fingerprint density at radius 2 is 2.39 bits per heavy atom. The predicted octanol–water partition coefficient (Wildman–Crippen LogP) is 0.570. The van der Waals surface area contributed by atoms with E-state index < -0.39 is 0 Å². The van der Waals surface area contributed by atoms with Crippen LogP contribution in [0.3, 0.4) is 0 Å². The Labute approximate surface area is 109 Å². The van der Waals surface area contributed by atoms with Crippen molar-refractivity contribution in [3.8, 4) is 0 Å². The smallest absolute Gasteiger partial charge is 0.274 e. The van der Waals surface area contributed by atoms with Crippen molar-refractivity contribution in [2.45, 2.75) is 13.1 Å². The van der Waals surface area contributed by atoms with E-state index in [9.17, 15) is 4.79 Å². The van der Waals surface area contributed by atoms with Crippen LogP contribution < -0.4 is 5.73 Å². The number of hydrogen-bond acceptors (Lipinski definition) is 5. The molecule has 0 saturated heterocycles. The third-order valence-corrected chi connectivity index (χ3v) is 3.10. The molecule has 0 fully saturated rings. The first kappa shape index (κ1) is 12.7. The highest BCUT2D eigenvalue weighted by molar-refractivity contribution is 7.07. The van der Waals surface area contributed by atoms with Crippen molar-refractivity contribution in [1.82, 2.24) is 19.4 Å². The third-order valence-electron chi connectivity index (χ3n) is 2.47. The highest BCUT2D eigenvalue weighted by Crippen LogP contribution is 2.07. The Bertz CT molecular complexity index is 507. The lowest BCUT2D eigenvalue weighted by Gasteiger charge is -2.13. The summed E-state index contributed by atoms with van der Waals surface area (Å²) in [4.78, 5) is 21.9. The first-order valence-corrected chi connectivity index (χ1v) is 6.49. The SMILES string of the molecule is CN(Cc1cscn1)C(=O)c1cn(CCN)cn1. The summed E-state index contributed by atoms with van der Waals surface area (Å²) < 4.78 is 1.81. The molecule has 96 valence electrons. The number of amides is 1. The summed E-state index contributed by atoms with van der Waals surface area (Å²) in [5.74, 6) is -0.112. The lowest BCUT2D eigenvalue weighted by atomic mass is 10.3. The van der Waals surface area contributed by atoms with Gasteiger partial charge in [0, 0.05) is 31.7 Å². The summed E-state index contributed by atoms with van der Waals surface area (Å²) in [5.41, 5.74) is 8.52. The van der Waals surface area contributed by atoms with Gasteiger partial charge in [0.2, 0.25) is 0 Å². The molecule has 2 N–H and O–H groups in total. The van der Waals surface area contributed by atoms with Crippen LogP contribution in [-0.2, 0) is 13.1 Å². The van der Waals surface area contributed by atoms with Crippen molar-refractivity contribution in [1.29, 1.82) is 0 Å². The van der Waals surface area contributed by atoms with Crippen molar-refractivity contribution in [3.63, 3.8) is 0 Å². The van der Waals surface area contributed by atoms with E-state index in [4.69, 9.17) is 5.73 Å². The Morgan fingerprint density at radius 3 is 3.06 bits per heavy atom. The standard InChI is InChI=1S/C11H15N5OS/c1-15(4-9-6-18-8-14-9)11(17)10-5-16(3-2-12)7-13-10/h5-8H,2-4,12H2,1H3. The van der Waals surface area contributed by atoms with E-state index in [0.717, 1.165) is 5.69 Å². The van der Waals surface area contributed by atoms with Crippen molar-refractivity contribution in [2.24, 2.45) is 5.73 Å². The number of nitrogens with two attached hydrogens (primary N) is 1. The fourth-order valence-corrected chi connectivity index (χ4v) is 2.12. The lowest BCUT2D eigenvalue weighted by Crippen LogP contribution is -2.26. The maximum absolute atomic E-state index is 12.1. The van der Waals surface area contributed by atoms with Crippen LogP contribution in [0.25, 0.3) is 0 Å². The highest BCUT2D eigenvalue weighted by atomic mass is 32.1. The molecule has 18 heavy (non-hydrogen) atoms. The third kappa shape index (κ3) is 2.93. The van der Waals surface area contributed by atoms with Crippen LogP contribution in [0.5, 0.6) is 0 Å². The Balaban J connectivity index is 2.01. The van der Waals surface area contributed by atoms with Crippen molar-refractivity contribution in [3.05, 3.63) is 34.8 Å². The number of imidazole rings is 1. The first-order valence-electron chi connectivity index (χ1n) is 5.55. The van der Waals surface area contributed by atoms with Gasteiger partial charge < -0.3 is 15.2 Å². The summed E-state index contributed by atoms with van der Waals surface area (Å²) in [5, 5.41) is 1.93. The molecule has 2 rings (SSSR count). The molecular formula is C11H15N5OS. The largest absolute Gasteiger partial charge is 0.335 e. The average molecular weight is 265 g/mol. The van der Waals surface area contributed by atoms with Gasteiger partial charge in [-0.2, -0.15) is 0 Å². The van der Waals surface area contributed by atoms with Gasteiger partial charge in [0.05, 0.1) is 24.1 Å². The van der Waals surface area contributed by atoms with Crippen molar-refractivity contribution >= 4 is 17.2 Å². The zero-order valence-electron chi connectivity index (χ0n) is 10.1. The first-order chi connectivity index (χ1) is 8.70. The van der Waals surface area contributed by atoms with E-state index in [2.05, 4.69) is 9.97 Å². The van der Waals surface area contributed by atoms with E-state index in [1.54, 1.807) is 30.0 Å². The summed E-state index contributed by atoms with van der Waals surface area (Å²) in [6, 6.07) is 0. The maximum Gasteiger partial charge on any atom is 0.274 e. The van der Waals surface area contributed by atoms with Gasteiger partial charge in [0.25, 0.3) is 5.91 Å². The normalized spacial score (nSPS) is 10.6. The average Bonchev–Trinajstić information content (AvgIpc) is 3.00. The second-order valence-electron chi connectivity index (χ2n) is 3.93. The number of carbonyl (C=O) groups excluding carboxylic acids is 1. The molecule has 2 aromatic rings. The Hall–Kier alpha value is -1.73. The molecule has 0 radical (unpaired) electrons. The molecule has 2 aromatic heterocycles. The fraction of sp³-hybridized carbons (Fsp3) is 0.364. The number of nitrogens with zero attached hydrogens (tertiary/aromatic N) is 4. The van der Waals surface area contributed by atoms with Gasteiger partial charge >= 0.3 is 0 Å². The zero-order valence-corrected chi connectivity index (χ0v) is 10.9. The van der Waals surface area contributed by atoms with Crippen LogP contribution >= 0.6 is 11.3 Å². The van der Waals surface area contributed by atoms with Crippen LogP contribution in [0.1, 0.15) is 16.2 Å². The van der Waals surface area contributed by atoms with Gasteiger partial charge in [-0.25, -0.2) is 9.97 Å². The molecular weight excluding hydrogens is 250 g/mol. The van der Waals surface area contributed by atoms with Gasteiger partial charge in [0.1, 0.15) is 5.69 Å². The summed E-state index contributed by atoms with van der Waals surface area (Å²) in [6.07, 6.45) is 3.34. The highest BCUT2D eigenvalue weighted by Gasteiger charge is 2.15. The number of carbonyl (C=O) groups is 1. The molecule has 0 aliphatic heterocycles. The zero-order chi connectivity index (χ0) is 13.0. The van der Waals surface area contributed by atoms with Gasteiger partial charge in [-0.1, -0.05) is 0 Å². The molecule has 0 atom stereocenters. The fourth-order valence-electron chi connectivity index (χ4n) is 1.57. The second-order valence-corrected chi connectivity index (χ2v) is 4.65. The number of thiazole rings is 1. The van der Waals surface area contributed by atoms with E-state index in [0.29, 0.717) is 25.3 Å². The summed E-state index contributed by atoms with van der Waals surface area (Å²) >= 11 is 1.52. The molecule has 2 heterocycles. The Kier molecular flexibility index (Phi) is 4.06. The molecule has 0 spiro atoms. The second kappa shape index (κ2) is 5.74. The minimum atomic E-state index is -0.112. The number of rotatable bonds is 5. The number of hydrogen-bond donors (Lipinski definition) is 1. The summed E-state index contributed by atoms with van der Waals surface area (Å²) in [6.45, 7) is 1.68. The van der Waals surface area contributed by atoms with Crippen LogP contribution in [0.4, 0.5) is 0 Å². The molecule has 0 aliphatic carbocycles. The maximum atomic E-state index is 12.1.